The lowest BCUT2D eigenvalue weighted by Gasteiger charge is -2.22. The second-order valence-electron chi connectivity index (χ2n) is 4.60. The van der Waals surface area contributed by atoms with Gasteiger partial charge in [-0.3, -0.25) is 5.10 Å². The van der Waals surface area contributed by atoms with Crippen LogP contribution in [0.15, 0.2) is 11.2 Å². The number of aromatic amines is 1. The Balaban J connectivity index is 1.98. The van der Waals surface area contributed by atoms with E-state index in [0.717, 1.165) is 19.3 Å². The van der Waals surface area contributed by atoms with Gasteiger partial charge < -0.3 is 10.1 Å². The summed E-state index contributed by atoms with van der Waals surface area (Å²) in [5.41, 5.74) is 0.625. The Labute approximate surface area is 113 Å². The van der Waals surface area contributed by atoms with Crippen LogP contribution in [0, 0.1) is 0 Å². The molecule has 1 fully saturated rings. The van der Waals surface area contributed by atoms with Gasteiger partial charge in [0.2, 0.25) is 0 Å². The summed E-state index contributed by atoms with van der Waals surface area (Å²) in [5, 5.41) is 9.36. The number of nitrogens with zero attached hydrogens (tertiary/aromatic N) is 1. The minimum absolute atomic E-state index is 0.0285. The molecular formula is C11H20N4O3S. The molecule has 19 heavy (non-hydrogen) atoms. The molecule has 0 amide bonds. The fourth-order valence-electron chi connectivity index (χ4n) is 2.09. The van der Waals surface area contributed by atoms with Gasteiger partial charge in [0.15, 0.2) is 5.03 Å². The first kappa shape index (κ1) is 14.4. The standard InChI is InChI=1S/C11H20N4O3S/c1-12-6-9-7-13-15-11(9)19(16,17)14-8-10-4-2-3-5-18-10/h7,10,12,14H,2-6,8H2,1H3,(H,13,15). The lowest BCUT2D eigenvalue weighted by molar-refractivity contribution is 0.0200. The highest BCUT2D eigenvalue weighted by molar-refractivity contribution is 7.89. The molecule has 2 heterocycles. The Morgan fingerprint density at radius 3 is 3.05 bits per heavy atom. The van der Waals surface area contributed by atoms with Crippen LogP contribution in [0.2, 0.25) is 0 Å². The number of ether oxygens (including phenoxy) is 1. The normalized spacial score (nSPS) is 20.6. The van der Waals surface area contributed by atoms with Crippen molar-refractivity contribution in [3.8, 4) is 0 Å². The third-order valence-electron chi connectivity index (χ3n) is 3.09. The predicted molar refractivity (Wildman–Crippen MR) is 70.1 cm³/mol. The van der Waals surface area contributed by atoms with E-state index in [1.165, 1.54) is 6.20 Å². The number of sulfonamides is 1. The summed E-state index contributed by atoms with van der Waals surface area (Å²) in [6.07, 6.45) is 4.52. The van der Waals surface area contributed by atoms with E-state index in [4.69, 9.17) is 4.74 Å². The summed E-state index contributed by atoms with van der Waals surface area (Å²) < 4.78 is 32.4. The largest absolute Gasteiger partial charge is 0.377 e. The molecule has 1 aliphatic rings. The molecule has 0 radical (unpaired) electrons. The van der Waals surface area contributed by atoms with Crippen LogP contribution in [-0.4, -0.2) is 44.9 Å². The number of nitrogens with one attached hydrogen (secondary N) is 3. The van der Waals surface area contributed by atoms with Gasteiger partial charge in [0, 0.05) is 25.3 Å². The zero-order chi connectivity index (χ0) is 13.7. The number of aromatic nitrogens is 2. The van der Waals surface area contributed by atoms with Gasteiger partial charge in [-0.2, -0.15) is 5.10 Å². The lowest BCUT2D eigenvalue weighted by Crippen LogP contribution is -2.36. The Morgan fingerprint density at radius 1 is 1.53 bits per heavy atom. The maximum atomic E-state index is 12.2. The molecule has 3 N–H and O–H groups in total. The van der Waals surface area contributed by atoms with Crippen molar-refractivity contribution < 1.29 is 13.2 Å². The maximum absolute atomic E-state index is 12.2. The van der Waals surface area contributed by atoms with Crippen LogP contribution < -0.4 is 10.0 Å². The Hall–Kier alpha value is -0.960. The minimum Gasteiger partial charge on any atom is -0.377 e. The van der Waals surface area contributed by atoms with Crippen LogP contribution in [0.5, 0.6) is 0 Å². The lowest BCUT2D eigenvalue weighted by atomic mass is 10.1. The molecule has 108 valence electrons. The highest BCUT2D eigenvalue weighted by atomic mass is 32.2. The van der Waals surface area contributed by atoms with E-state index >= 15 is 0 Å². The van der Waals surface area contributed by atoms with Gasteiger partial charge in [0.05, 0.1) is 12.3 Å². The fraction of sp³-hybridized carbons (Fsp3) is 0.727. The van der Waals surface area contributed by atoms with Crippen molar-refractivity contribution >= 4 is 10.0 Å². The second-order valence-corrected chi connectivity index (χ2v) is 6.30. The van der Waals surface area contributed by atoms with Crippen LogP contribution in [0.4, 0.5) is 0 Å². The molecule has 1 saturated heterocycles. The first-order valence-corrected chi connectivity index (χ1v) is 7.90. The molecule has 0 saturated carbocycles. The molecule has 2 rings (SSSR count). The van der Waals surface area contributed by atoms with Crippen LogP contribution in [0.25, 0.3) is 0 Å². The zero-order valence-corrected chi connectivity index (χ0v) is 11.8. The molecule has 1 aliphatic heterocycles. The molecule has 0 bridgehead atoms. The average Bonchev–Trinajstić information content (AvgIpc) is 2.87. The predicted octanol–water partition coefficient (Wildman–Crippen LogP) is -0.0235. The maximum Gasteiger partial charge on any atom is 0.257 e. The number of hydrogen-bond acceptors (Lipinski definition) is 5. The third-order valence-corrected chi connectivity index (χ3v) is 4.53. The van der Waals surface area contributed by atoms with Gasteiger partial charge >= 0.3 is 0 Å². The summed E-state index contributed by atoms with van der Waals surface area (Å²) in [6, 6.07) is 0. The minimum atomic E-state index is -3.56. The molecule has 1 atom stereocenters. The highest BCUT2D eigenvalue weighted by Crippen LogP contribution is 2.14. The van der Waals surface area contributed by atoms with Gasteiger partial charge in [-0.15, -0.1) is 0 Å². The van der Waals surface area contributed by atoms with E-state index in [9.17, 15) is 8.42 Å². The number of hydrogen-bond donors (Lipinski definition) is 3. The summed E-state index contributed by atoms with van der Waals surface area (Å²) in [4.78, 5) is 0. The molecule has 1 aromatic rings. The van der Waals surface area contributed by atoms with E-state index in [2.05, 4.69) is 20.2 Å². The Kier molecular flexibility index (Phi) is 4.92. The van der Waals surface area contributed by atoms with E-state index in [1.807, 2.05) is 0 Å². The monoisotopic (exact) mass is 288 g/mol. The first-order valence-electron chi connectivity index (χ1n) is 6.41. The van der Waals surface area contributed by atoms with Crippen molar-refractivity contribution in [2.75, 3.05) is 20.2 Å². The van der Waals surface area contributed by atoms with Crippen molar-refractivity contribution in [3.05, 3.63) is 11.8 Å². The average molecular weight is 288 g/mol. The van der Waals surface area contributed by atoms with Gasteiger partial charge in [0.1, 0.15) is 0 Å². The molecule has 0 spiro atoms. The van der Waals surface area contributed by atoms with Crippen LogP contribution in [0.3, 0.4) is 0 Å². The van der Waals surface area contributed by atoms with Crippen molar-refractivity contribution in [3.63, 3.8) is 0 Å². The summed E-state index contributed by atoms with van der Waals surface area (Å²) >= 11 is 0. The third kappa shape index (κ3) is 3.75. The molecule has 0 aromatic carbocycles. The molecule has 1 aromatic heterocycles. The molecule has 1 unspecified atom stereocenters. The molecular weight excluding hydrogens is 268 g/mol. The molecule has 7 nitrogen and oxygen atoms in total. The topological polar surface area (TPSA) is 96.1 Å². The molecule has 0 aliphatic carbocycles. The van der Waals surface area contributed by atoms with E-state index < -0.39 is 10.0 Å². The van der Waals surface area contributed by atoms with Gasteiger partial charge in [-0.05, 0) is 26.3 Å². The first-order chi connectivity index (χ1) is 9.13. The fourth-order valence-corrected chi connectivity index (χ4v) is 3.28. The van der Waals surface area contributed by atoms with E-state index in [-0.39, 0.29) is 11.1 Å². The van der Waals surface area contributed by atoms with Gasteiger partial charge in [0.25, 0.3) is 10.0 Å². The second kappa shape index (κ2) is 6.47. The zero-order valence-electron chi connectivity index (χ0n) is 11.0. The van der Waals surface area contributed by atoms with Gasteiger partial charge in [-0.1, -0.05) is 0 Å². The van der Waals surface area contributed by atoms with Crippen molar-refractivity contribution in [1.29, 1.82) is 0 Å². The Bertz CT molecular complexity index is 494. The smallest absolute Gasteiger partial charge is 0.257 e. The van der Waals surface area contributed by atoms with Crippen molar-refractivity contribution in [2.45, 2.75) is 36.9 Å². The van der Waals surface area contributed by atoms with E-state index in [0.29, 0.717) is 25.3 Å². The van der Waals surface area contributed by atoms with Crippen LogP contribution >= 0.6 is 0 Å². The van der Waals surface area contributed by atoms with E-state index in [1.54, 1.807) is 7.05 Å². The highest BCUT2D eigenvalue weighted by Gasteiger charge is 2.22. The summed E-state index contributed by atoms with van der Waals surface area (Å²) in [5.74, 6) is 0. The van der Waals surface area contributed by atoms with Gasteiger partial charge in [-0.25, -0.2) is 13.1 Å². The quantitative estimate of drug-likeness (QED) is 0.683. The molecule has 8 heteroatoms. The summed E-state index contributed by atoms with van der Waals surface area (Å²) in [7, 11) is -1.80. The summed E-state index contributed by atoms with van der Waals surface area (Å²) in [6.45, 7) is 1.47. The number of H-pyrrole nitrogens is 1. The van der Waals surface area contributed by atoms with Crippen molar-refractivity contribution in [2.24, 2.45) is 0 Å². The van der Waals surface area contributed by atoms with Crippen molar-refractivity contribution in [1.82, 2.24) is 20.2 Å². The SMILES string of the molecule is CNCc1cn[nH]c1S(=O)(=O)NCC1CCCCO1. The number of rotatable bonds is 6. The van der Waals surface area contributed by atoms with Crippen LogP contribution in [-0.2, 0) is 21.3 Å². The Morgan fingerprint density at radius 2 is 2.37 bits per heavy atom. The van der Waals surface area contributed by atoms with Crippen LogP contribution in [0.1, 0.15) is 24.8 Å².